The molecule has 0 saturated heterocycles. The molecule has 1 amide bonds. The number of quaternary nitrogens is 1. The van der Waals surface area contributed by atoms with Crippen LogP contribution in [0.1, 0.15) is 18.5 Å². The first-order valence-corrected chi connectivity index (χ1v) is 10.5. The van der Waals surface area contributed by atoms with Crippen LogP contribution in [0.25, 0.3) is 0 Å². The first-order chi connectivity index (χ1) is 15.2. The van der Waals surface area contributed by atoms with Gasteiger partial charge in [0.2, 0.25) is 0 Å². The Morgan fingerprint density at radius 3 is 2.55 bits per heavy atom. The summed E-state index contributed by atoms with van der Waals surface area (Å²) in [4.78, 5) is 13.3. The highest BCUT2D eigenvalue weighted by atomic mass is 16.6. The topological polar surface area (TPSA) is 73.4 Å². The number of rotatable bonds is 8. The van der Waals surface area contributed by atoms with Crippen molar-refractivity contribution in [1.82, 2.24) is 0 Å². The van der Waals surface area contributed by atoms with E-state index in [9.17, 15) is 4.79 Å². The lowest BCUT2D eigenvalue weighted by Crippen LogP contribution is -2.89. The van der Waals surface area contributed by atoms with E-state index in [1.54, 1.807) is 0 Å². The zero-order valence-electron chi connectivity index (χ0n) is 17.5. The van der Waals surface area contributed by atoms with Gasteiger partial charge in [0.05, 0.1) is 12.3 Å². The first-order valence-electron chi connectivity index (χ1n) is 10.5. The monoisotopic (exact) mass is 419 g/mol. The summed E-state index contributed by atoms with van der Waals surface area (Å²) in [6, 6.07) is 24.4. The molecule has 0 fully saturated rings. The summed E-state index contributed by atoms with van der Waals surface area (Å²) in [5.74, 6) is 2.03. The van der Waals surface area contributed by atoms with Crippen LogP contribution in [0.15, 0.2) is 78.9 Å². The number of amides is 1. The van der Waals surface area contributed by atoms with E-state index in [4.69, 9.17) is 14.2 Å². The summed E-state index contributed by atoms with van der Waals surface area (Å²) in [7, 11) is 0. The Hall–Kier alpha value is -3.51. The maximum Gasteiger partial charge on any atom is 0.287 e. The predicted molar refractivity (Wildman–Crippen MR) is 119 cm³/mol. The zero-order valence-corrected chi connectivity index (χ0v) is 17.5. The summed E-state index contributed by atoms with van der Waals surface area (Å²) >= 11 is 0. The van der Waals surface area contributed by atoms with Crippen molar-refractivity contribution < 1.29 is 24.3 Å². The zero-order chi connectivity index (χ0) is 21.5. The highest BCUT2D eigenvalue weighted by Crippen LogP contribution is 2.30. The number of fused-ring (bicyclic) bond motifs is 1. The molecule has 0 unspecified atom stereocenters. The second-order valence-electron chi connectivity index (χ2n) is 7.28. The van der Waals surface area contributed by atoms with Gasteiger partial charge in [-0.05, 0) is 31.2 Å². The molecule has 0 bridgehead atoms. The van der Waals surface area contributed by atoms with Gasteiger partial charge in [0.25, 0.3) is 5.91 Å². The number of carbonyl (C=O) groups is 1. The maximum absolute atomic E-state index is 13.3. The van der Waals surface area contributed by atoms with Crippen molar-refractivity contribution in [3.05, 3.63) is 84.4 Å². The molecule has 6 heteroatoms. The van der Waals surface area contributed by atoms with Crippen LogP contribution >= 0.6 is 0 Å². The molecule has 0 radical (unpaired) electrons. The molecule has 0 aliphatic carbocycles. The largest absolute Gasteiger partial charge is 0.492 e. The van der Waals surface area contributed by atoms with Crippen molar-refractivity contribution in [3.63, 3.8) is 0 Å². The van der Waals surface area contributed by atoms with Crippen molar-refractivity contribution in [1.29, 1.82) is 0 Å². The van der Waals surface area contributed by atoms with Gasteiger partial charge in [-0.25, -0.2) is 0 Å². The molecule has 1 aliphatic heterocycles. The van der Waals surface area contributed by atoms with E-state index in [0.717, 1.165) is 17.1 Å². The van der Waals surface area contributed by atoms with Crippen LogP contribution in [0.2, 0.25) is 0 Å². The molecule has 6 nitrogen and oxygen atoms in total. The third-order valence-electron chi connectivity index (χ3n) is 5.09. The second-order valence-corrected chi connectivity index (χ2v) is 7.28. The molecule has 0 aromatic heterocycles. The number of nitrogens with one attached hydrogen (secondary N) is 1. The van der Waals surface area contributed by atoms with E-state index in [0.29, 0.717) is 31.2 Å². The molecule has 1 heterocycles. The van der Waals surface area contributed by atoms with Crippen LogP contribution in [0.4, 0.5) is 5.69 Å². The van der Waals surface area contributed by atoms with Gasteiger partial charge in [-0.3, -0.25) is 4.79 Å². The summed E-state index contributed by atoms with van der Waals surface area (Å²) in [6.45, 7) is 3.48. The minimum absolute atomic E-state index is 0.115. The first kappa shape index (κ1) is 20.8. The number of anilines is 1. The number of hydrogen-bond acceptors (Lipinski definition) is 4. The summed E-state index contributed by atoms with van der Waals surface area (Å²) in [5.41, 5.74) is 1.58. The van der Waals surface area contributed by atoms with Crippen molar-refractivity contribution >= 4 is 11.6 Å². The predicted octanol–water partition coefficient (Wildman–Crippen LogP) is 3.17. The van der Waals surface area contributed by atoms with Crippen molar-refractivity contribution in [2.45, 2.75) is 19.1 Å². The summed E-state index contributed by atoms with van der Waals surface area (Å²) in [5, 5.41) is 5.03. The van der Waals surface area contributed by atoms with Gasteiger partial charge in [0.1, 0.15) is 18.9 Å². The molecule has 3 aromatic rings. The minimum Gasteiger partial charge on any atom is -0.492 e. The van der Waals surface area contributed by atoms with Gasteiger partial charge in [-0.2, -0.15) is 0 Å². The van der Waals surface area contributed by atoms with Crippen molar-refractivity contribution in [2.75, 3.05) is 25.1 Å². The molecule has 1 aliphatic rings. The van der Waals surface area contributed by atoms with Crippen LogP contribution in [-0.2, 0) is 4.79 Å². The second kappa shape index (κ2) is 10.00. The SMILES string of the molecule is CCOc1ccccc1NC(=O)[C@H]([NH2+]C[C@@H]1COc2ccccc2O1)c1ccccc1. The molecule has 3 N–H and O–H groups in total. The molecule has 0 saturated carbocycles. The minimum atomic E-state index is -0.434. The Kier molecular flexibility index (Phi) is 6.69. The normalized spacial score (nSPS) is 15.7. The Morgan fingerprint density at radius 2 is 1.74 bits per heavy atom. The van der Waals surface area contributed by atoms with Crippen LogP contribution in [-0.4, -0.2) is 31.8 Å². The van der Waals surface area contributed by atoms with Crippen molar-refractivity contribution in [3.8, 4) is 17.2 Å². The molecule has 0 spiro atoms. The quantitative estimate of drug-likeness (QED) is 0.588. The lowest BCUT2D eigenvalue weighted by atomic mass is 10.1. The number of para-hydroxylation sites is 4. The Balaban J connectivity index is 1.47. The number of carbonyl (C=O) groups excluding carboxylic acids is 1. The van der Waals surface area contributed by atoms with Gasteiger partial charge in [-0.1, -0.05) is 54.6 Å². The standard InChI is InChI=1S/C25H26N2O4/c1-2-29-21-13-7-6-12-20(21)27-25(28)24(18-10-4-3-5-11-18)26-16-19-17-30-22-14-8-9-15-23(22)31-19/h3-15,19,24,26H,2,16-17H2,1H3,(H,27,28)/p+1/t19-,24-/m1/s1. The van der Waals surface area contributed by atoms with E-state index in [1.807, 2.05) is 91.1 Å². The number of ether oxygens (including phenoxy) is 3. The number of nitrogens with two attached hydrogens (primary N) is 1. The third-order valence-corrected chi connectivity index (χ3v) is 5.09. The van der Waals surface area contributed by atoms with Crippen LogP contribution in [0.5, 0.6) is 17.2 Å². The maximum atomic E-state index is 13.3. The van der Waals surface area contributed by atoms with Gasteiger partial charge >= 0.3 is 0 Å². The Morgan fingerprint density at radius 1 is 1.03 bits per heavy atom. The van der Waals surface area contributed by atoms with Crippen LogP contribution < -0.4 is 24.8 Å². The lowest BCUT2D eigenvalue weighted by molar-refractivity contribution is -0.687. The van der Waals surface area contributed by atoms with Crippen molar-refractivity contribution in [2.24, 2.45) is 0 Å². The van der Waals surface area contributed by atoms with E-state index in [1.165, 1.54) is 0 Å². The van der Waals surface area contributed by atoms with Gasteiger partial charge in [-0.15, -0.1) is 0 Å². The smallest absolute Gasteiger partial charge is 0.287 e. The fraction of sp³-hybridized carbons (Fsp3) is 0.240. The highest BCUT2D eigenvalue weighted by molar-refractivity contribution is 5.95. The number of benzene rings is 3. The molecule has 160 valence electrons. The van der Waals surface area contributed by atoms with E-state index >= 15 is 0 Å². The fourth-order valence-corrected chi connectivity index (χ4v) is 3.58. The molecule has 2 atom stereocenters. The lowest BCUT2D eigenvalue weighted by Gasteiger charge is -2.26. The average Bonchev–Trinajstić information content (AvgIpc) is 2.81. The van der Waals surface area contributed by atoms with Gasteiger partial charge in [0, 0.05) is 5.56 Å². The van der Waals surface area contributed by atoms with Gasteiger partial charge in [0.15, 0.2) is 23.6 Å². The van der Waals surface area contributed by atoms with E-state index in [-0.39, 0.29) is 12.0 Å². The molecule has 3 aromatic carbocycles. The Bertz CT molecular complexity index is 1010. The third kappa shape index (κ3) is 5.16. The summed E-state index contributed by atoms with van der Waals surface area (Å²) < 4.78 is 17.5. The Labute approximate surface area is 182 Å². The van der Waals surface area contributed by atoms with Crippen LogP contribution in [0.3, 0.4) is 0 Å². The molecular formula is C25H27N2O4+. The van der Waals surface area contributed by atoms with Crippen LogP contribution in [0, 0.1) is 0 Å². The average molecular weight is 420 g/mol. The van der Waals surface area contributed by atoms with Gasteiger partial charge < -0.3 is 24.8 Å². The molecule has 4 rings (SSSR count). The highest BCUT2D eigenvalue weighted by Gasteiger charge is 2.29. The van der Waals surface area contributed by atoms with E-state index < -0.39 is 6.04 Å². The fourth-order valence-electron chi connectivity index (χ4n) is 3.58. The number of hydrogen-bond donors (Lipinski definition) is 2. The van der Waals surface area contributed by atoms with E-state index in [2.05, 4.69) is 5.32 Å². The molecule has 31 heavy (non-hydrogen) atoms. The summed E-state index contributed by atoms with van der Waals surface area (Å²) in [6.07, 6.45) is -0.148. The molecular weight excluding hydrogens is 392 g/mol.